The number of ketones is 1. The monoisotopic (exact) mass is 335 g/mol. The molecule has 2 aromatic rings. The lowest BCUT2D eigenvalue weighted by Gasteiger charge is -2.36. The number of likely N-dealkylation sites (tertiary alicyclic amines) is 1. The minimum atomic E-state index is -1.12. The third-order valence-corrected chi connectivity index (χ3v) is 5.06. The number of aliphatic hydroxyl groups is 1. The zero-order valence-corrected chi connectivity index (χ0v) is 14.7. The van der Waals surface area contributed by atoms with Gasteiger partial charge in [-0.25, -0.2) is 0 Å². The molecule has 3 heteroatoms. The molecule has 1 aliphatic heterocycles. The molecule has 25 heavy (non-hydrogen) atoms. The summed E-state index contributed by atoms with van der Waals surface area (Å²) in [6.07, 6.45) is 3.28. The maximum atomic E-state index is 11.6. The Kier molecular flexibility index (Phi) is 5.47. The number of benzene rings is 2. The Labute approximate surface area is 149 Å². The van der Waals surface area contributed by atoms with Crippen LogP contribution in [0.3, 0.4) is 0 Å². The number of hydrogen-bond acceptors (Lipinski definition) is 3. The van der Waals surface area contributed by atoms with Crippen molar-refractivity contribution in [1.82, 2.24) is 4.90 Å². The highest BCUT2D eigenvalue weighted by molar-refractivity contribution is 5.84. The van der Waals surface area contributed by atoms with Crippen molar-refractivity contribution < 1.29 is 9.90 Å². The van der Waals surface area contributed by atoms with Crippen LogP contribution in [0, 0.1) is 0 Å². The second-order valence-electron chi connectivity index (χ2n) is 6.74. The normalized spacial score (nSPS) is 17.0. The Bertz CT molecular complexity index is 688. The summed E-state index contributed by atoms with van der Waals surface area (Å²) >= 11 is 0. The van der Waals surface area contributed by atoms with Crippen LogP contribution in [0.1, 0.15) is 30.9 Å². The van der Waals surface area contributed by atoms with Crippen LogP contribution in [0.4, 0.5) is 0 Å². The standard InChI is InChI=1S/C22H25NO2/c1-18(24)22(25)13-16-23(17-14-22)15-12-21(19-8-4-2-5-9-19)20-10-6-3-7-11-20/h2-12,25H,13-17H2,1H3. The van der Waals surface area contributed by atoms with Crippen molar-refractivity contribution in [3.8, 4) is 0 Å². The molecular weight excluding hydrogens is 310 g/mol. The summed E-state index contributed by atoms with van der Waals surface area (Å²) in [5.41, 5.74) is 2.49. The van der Waals surface area contributed by atoms with Crippen LogP contribution in [-0.2, 0) is 4.79 Å². The number of rotatable bonds is 5. The molecular formula is C22H25NO2. The van der Waals surface area contributed by atoms with E-state index in [4.69, 9.17) is 0 Å². The number of Topliss-reactive ketones (excluding diaryl/α,β-unsaturated/α-hetero) is 1. The van der Waals surface area contributed by atoms with E-state index in [1.165, 1.54) is 23.6 Å². The van der Waals surface area contributed by atoms with Crippen molar-refractivity contribution >= 4 is 11.4 Å². The fraction of sp³-hybridized carbons (Fsp3) is 0.318. The number of hydrogen-bond donors (Lipinski definition) is 1. The molecule has 0 atom stereocenters. The highest BCUT2D eigenvalue weighted by Gasteiger charge is 2.36. The highest BCUT2D eigenvalue weighted by Crippen LogP contribution is 2.25. The van der Waals surface area contributed by atoms with Crippen LogP contribution >= 0.6 is 0 Å². The quantitative estimate of drug-likeness (QED) is 0.909. The van der Waals surface area contributed by atoms with Crippen LogP contribution in [-0.4, -0.2) is 41.0 Å². The van der Waals surface area contributed by atoms with Gasteiger partial charge in [0.25, 0.3) is 0 Å². The Morgan fingerprint density at radius 2 is 1.48 bits per heavy atom. The second kappa shape index (κ2) is 7.77. The van der Waals surface area contributed by atoms with E-state index in [9.17, 15) is 9.90 Å². The van der Waals surface area contributed by atoms with Crippen LogP contribution in [0.5, 0.6) is 0 Å². The third kappa shape index (κ3) is 4.25. The van der Waals surface area contributed by atoms with Crippen LogP contribution in [0.25, 0.3) is 5.57 Å². The first-order valence-corrected chi connectivity index (χ1v) is 8.85. The Hall–Kier alpha value is -2.23. The molecule has 3 rings (SSSR count). The van der Waals surface area contributed by atoms with Gasteiger partial charge >= 0.3 is 0 Å². The molecule has 1 aliphatic rings. The first-order chi connectivity index (χ1) is 12.1. The SMILES string of the molecule is CC(=O)C1(O)CCN(CC=C(c2ccccc2)c2ccccc2)CC1. The lowest BCUT2D eigenvalue weighted by Crippen LogP contribution is -2.48. The average molecular weight is 335 g/mol. The molecule has 0 amide bonds. The number of nitrogens with zero attached hydrogens (tertiary/aromatic N) is 1. The molecule has 0 bridgehead atoms. The van der Waals surface area contributed by atoms with E-state index in [-0.39, 0.29) is 5.78 Å². The molecule has 2 aromatic carbocycles. The maximum Gasteiger partial charge on any atom is 0.161 e. The lowest BCUT2D eigenvalue weighted by atomic mass is 9.88. The van der Waals surface area contributed by atoms with Gasteiger partial charge in [-0.2, -0.15) is 0 Å². The minimum absolute atomic E-state index is 0.114. The van der Waals surface area contributed by atoms with Crippen LogP contribution in [0.15, 0.2) is 66.7 Å². The predicted octanol–water partition coefficient (Wildman–Crippen LogP) is 3.53. The van der Waals surface area contributed by atoms with Crippen molar-refractivity contribution in [1.29, 1.82) is 0 Å². The molecule has 0 saturated carbocycles. The summed E-state index contributed by atoms with van der Waals surface area (Å²) in [6.45, 7) is 3.78. The fourth-order valence-electron chi connectivity index (χ4n) is 3.32. The summed E-state index contributed by atoms with van der Waals surface area (Å²) in [6, 6.07) is 20.8. The minimum Gasteiger partial charge on any atom is -0.382 e. The fourth-order valence-corrected chi connectivity index (χ4v) is 3.32. The average Bonchev–Trinajstić information content (AvgIpc) is 2.65. The van der Waals surface area contributed by atoms with Crippen LogP contribution in [0.2, 0.25) is 0 Å². The van der Waals surface area contributed by atoms with Gasteiger partial charge in [-0.05, 0) is 36.5 Å². The molecule has 1 saturated heterocycles. The summed E-state index contributed by atoms with van der Waals surface area (Å²) < 4.78 is 0. The van der Waals surface area contributed by atoms with Gasteiger partial charge in [-0.3, -0.25) is 9.69 Å². The van der Waals surface area contributed by atoms with Gasteiger partial charge < -0.3 is 5.11 Å². The van der Waals surface area contributed by atoms with Crippen molar-refractivity contribution in [3.63, 3.8) is 0 Å². The molecule has 1 N–H and O–H groups in total. The molecule has 130 valence electrons. The molecule has 1 heterocycles. The summed E-state index contributed by atoms with van der Waals surface area (Å²) in [4.78, 5) is 13.9. The number of carbonyl (C=O) groups excluding carboxylic acids is 1. The van der Waals surface area contributed by atoms with Gasteiger partial charge in [-0.15, -0.1) is 0 Å². The third-order valence-electron chi connectivity index (χ3n) is 5.06. The predicted molar refractivity (Wildman–Crippen MR) is 101 cm³/mol. The van der Waals surface area contributed by atoms with E-state index in [1.54, 1.807) is 0 Å². The Morgan fingerprint density at radius 1 is 1.00 bits per heavy atom. The van der Waals surface area contributed by atoms with Gasteiger partial charge in [-0.1, -0.05) is 66.7 Å². The number of piperidine rings is 1. The first-order valence-electron chi connectivity index (χ1n) is 8.85. The van der Waals surface area contributed by atoms with Crippen LogP contribution < -0.4 is 0 Å². The van der Waals surface area contributed by atoms with Gasteiger partial charge in [0, 0.05) is 19.6 Å². The van der Waals surface area contributed by atoms with E-state index in [2.05, 4.69) is 59.5 Å². The zero-order valence-electron chi connectivity index (χ0n) is 14.7. The lowest BCUT2D eigenvalue weighted by molar-refractivity contribution is -0.139. The van der Waals surface area contributed by atoms with E-state index >= 15 is 0 Å². The Balaban J connectivity index is 1.76. The maximum absolute atomic E-state index is 11.6. The van der Waals surface area contributed by atoms with E-state index in [0.717, 1.165) is 19.6 Å². The molecule has 0 aromatic heterocycles. The molecule has 0 spiro atoms. The van der Waals surface area contributed by atoms with E-state index in [1.807, 2.05) is 12.1 Å². The van der Waals surface area contributed by atoms with Gasteiger partial charge in [0.1, 0.15) is 5.60 Å². The van der Waals surface area contributed by atoms with Gasteiger partial charge in [0.15, 0.2) is 5.78 Å². The van der Waals surface area contributed by atoms with Crippen molar-refractivity contribution in [2.24, 2.45) is 0 Å². The topological polar surface area (TPSA) is 40.5 Å². The molecule has 3 nitrogen and oxygen atoms in total. The van der Waals surface area contributed by atoms with E-state index in [0.29, 0.717) is 12.8 Å². The first kappa shape index (κ1) is 17.6. The second-order valence-corrected chi connectivity index (χ2v) is 6.74. The summed E-state index contributed by atoms with van der Waals surface area (Å²) in [5, 5.41) is 10.3. The smallest absolute Gasteiger partial charge is 0.161 e. The molecule has 1 fully saturated rings. The van der Waals surface area contributed by atoms with Crippen molar-refractivity contribution in [3.05, 3.63) is 77.9 Å². The van der Waals surface area contributed by atoms with Crippen molar-refractivity contribution in [2.45, 2.75) is 25.4 Å². The van der Waals surface area contributed by atoms with Crippen molar-refractivity contribution in [2.75, 3.05) is 19.6 Å². The van der Waals surface area contributed by atoms with E-state index < -0.39 is 5.60 Å². The summed E-state index contributed by atoms with van der Waals surface area (Å²) in [7, 11) is 0. The molecule has 0 unspecified atom stereocenters. The largest absolute Gasteiger partial charge is 0.382 e. The number of carbonyl (C=O) groups is 1. The van der Waals surface area contributed by atoms with Gasteiger partial charge in [0.2, 0.25) is 0 Å². The highest BCUT2D eigenvalue weighted by atomic mass is 16.3. The zero-order chi connectivity index (χ0) is 17.7. The summed E-state index contributed by atoms with van der Waals surface area (Å²) in [5.74, 6) is -0.114. The molecule has 0 radical (unpaired) electrons. The van der Waals surface area contributed by atoms with Gasteiger partial charge in [0.05, 0.1) is 0 Å². The Morgan fingerprint density at radius 3 is 1.92 bits per heavy atom. The molecule has 0 aliphatic carbocycles.